The molecule has 2 unspecified atom stereocenters. The average molecular weight is 248 g/mol. The van der Waals surface area contributed by atoms with Gasteiger partial charge in [0.05, 0.1) is 17.3 Å². The quantitative estimate of drug-likeness (QED) is 0.892. The summed E-state index contributed by atoms with van der Waals surface area (Å²) in [7, 11) is 0. The van der Waals surface area contributed by atoms with Crippen LogP contribution in [-0.2, 0) is 6.42 Å². The predicted molar refractivity (Wildman–Crippen MR) is 71.4 cm³/mol. The minimum atomic E-state index is -0.492. The van der Waals surface area contributed by atoms with Gasteiger partial charge in [-0.05, 0) is 44.1 Å². The first-order valence-corrected chi connectivity index (χ1v) is 7.41. The zero-order valence-corrected chi connectivity index (χ0v) is 11.3. The molecule has 0 amide bonds. The average Bonchev–Trinajstić information content (AvgIpc) is 2.99. The molecule has 3 heteroatoms. The Balaban J connectivity index is 1.66. The number of hydrogen-bond acceptors (Lipinski definition) is 2. The third kappa shape index (κ3) is 2.46. The third-order valence-electron chi connectivity index (χ3n) is 4.70. The zero-order chi connectivity index (χ0) is 12.6. The Morgan fingerprint density at radius 3 is 2.83 bits per heavy atom. The van der Waals surface area contributed by atoms with Crippen LogP contribution in [0.1, 0.15) is 63.6 Å². The molecule has 1 heterocycles. The molecule has 2 fully saturated rings. The molecule has 1 aromatic rings. The van der Waals surface area contributed by atoms with Gasteiger partial charge in [0.2, 0.25) is 0 Å². The van der Waals surface area contributed by atoms with Crippen molar-refractivity contribution >= 4 is 0 Å². The van der Waals surface area contributed by atoms with E-state index in [4.69, 9.17) is 0 Å². The molecule has 3 rings (SSSR count). The molecule has 1 N–H and O–H groups in total. The fourth-order valence-electron chi connectivity index (χ4n) is 3.71. The highest BCUT2D eigenvalue weighted by atomic mass is 16.3. The van der Waals surface area contributed by atoms with Gasteiger partial charge in [-0.1, -0.05) is 19.8 Å². The van der Waals surface area contributed by atoms with Crippen molar-refractivity contribution in [3.63, 3.8) is 0 Å². The lowest BCUT2D eigenvalue weighted by Gasteiger charge is -2.21. The van der Waals surface area contributed by atoms with Crippen LogP contribution in [0, 0.1) is 5.92 Å². The predicted octanol–water partition coefficient (Wildman–Crippen LogP) is 3.09. The van der Waals surface area contributed by atoms with E-state index in [9.17, 15) is 5.11 Å². The summed E-state index contributed by atoms with van der Waals surface area (Å²) in [6, 6.07) is 2.70. The number of aromatic nitrogens is 2. The molecule has 2 aliphatic carbocycles. The Hall–Kier alpha value is -0.830. The molecule has 0 saturated heterocycles. The topological polar surface area (TPSA) is 38.0 Å². The van der Waals surface area contributed by atoms with Crippen LogP contribution in [0.4, 0.5) is 0 Å². The smallest absolute Gasteiger partial charge is 0.0706 e. The van der Waals surface area contributed by atoms with Crippen LogP contribution in [0.25, 0.3) is 0 Å². The first kappa shape index (κ1) is 12.2. The highest BCUT2D eigenvalue weighted by Crippen LogP contribution is 2.36. The maximum absolute atomic E-state index is 10.5. The minimum Gasteiger partial charge on any atom is -0.389 e. The summed E-state index contributed by atoms with van der Waals surface area (Å²) < 4.78 is 2.13. The van der Waals surface area contributed by atoms with Crippen molar-refractivity contribution < 1.29 is 5.11 Å². The van der Waals surface area contributed by atoms with E-state index in [0.29, 0.717) is 12.0 Å². The van der Waals surface area contributed by atoms with Gasteiger partial charge in [0, 0.05) is 12.6 Å². The fourth-order valence-corrected chi connectivity index (χ4v) is 3.71. The van der Waals surface area contributed by atoms with Crippen molar-refractivity contribution in [2.75, 3.05) is 0 Å². The molecule has 0 aliphatic heterocycles. The molecule has 0 aromatic carbocycles. The maximum Gasteiger partial charge on any atom is 0.0706 e. The van der Waals surface area contributed by atoms with Gasteiger partial charge in [0.1, 0.15) is 0 Å². The lowest BCUT2D eigenvalue weighted by molar-refractivity contribution is 0.0435. The minimum absolute atomic E-state index is 0.492. The van der Waals surface area contributed by atoms with Gasteiger partial charge in [-0.2, -0.15) is 5.10 Å². The second kappa shape index (κ2) is 4.69. The first-order chi connectivity index (χ1) is 8.65. The zero-order valence-electron chi connectivity index (χ0n) is 11.3. The van der Waals surface area contributed by atoms with Crippen LogP contribution >= 0.6 is 0 Å². The third-order valence-corrected chi connectivity index (χ3v) is 4.70. The summed E-state index contributed by atoms with van der Waals surface area (Å²) in [4.78, 5) is 0. The normalized spacial score (nSPS) is 33.3. The summed E-state index contributed by atoms with van der Waals surface area (Å²) in [5.41, 5.74) is 0.576. The Labute approximate surface area is 109 Å². The Bertz CT molecular complexity index is 408. The van der Waals surface area contributed by atoms with Crippen LogP contribution in [0.3, 0.4) is 0 Å². The first-order valence-electron chi connectivity index (χ1n) is 7.41. The monoisotopic (exact) mass is 248 g/mol. The number of rotatable bonds is 3. The van der Waals surface area contributed by atoms with Crippen molar-refractivity contribution in [1.29, 1.82) is 0 Å². The van der Waals surface area contributed by atoms with E-state index >= 15 is 0 Å². The van der Waals surface area contributed by atoms with Gasteiger partial charge in [-0.15, -0.1) is 0 Å². The standard InChI is InChI=1S/C15H24N2O/c1-12-6-8-15(18,10-12)11-13-7-9-17(16-13)14-4-2-3-5-14/h7,9,12,14,18H,2-6,8,10-11H2,1H3. The van der Waals surface area contributed by atoms with E-state index in [0.717, 1.165) is 31.4 Å². The molecular formula is C15H24N2O. The van der Waals surface area contributed by atoms with Gasteiger partial charge < -0.3 is 5.11 Å². The maximum atomic E-state index is 10.5. The van der Waals surface area contributed by atoms with Crippen LogP contribution in [-0.4, -0.2) is 20.5 Å². The molecule has 2 saturated carbocycles. The second-order valence-corrected chi connectivity index (χ2v) is 6.47. The van der Waals surface area contributed by atoms with Crippen molar-refractivity contribution in [2.24, 2.45) is 5.92 Å². The molecular weight excluding hydrogens is 224 g/mol. The van der Waals surface area contributed by atoms with Crippen molar-refractivity contribution in [1.82, 2.24) is 9.78 Å². The van der Waals surface area contributed by atoms with Crippen LogP contribution in [0.15, 0.2) is 12.3 Å². The van der Waals surface area contributed by atoms with Crippen molar-refractivity contribution in [3.05, 3.63) is 18.0 Å². The molecule has 2 atom stereocenters. The molecule has 0 bridgehead atoms. The summed E-state index contributed by atoms with van der Waals surface area (Å²) >= 11 is 0. The Morgan fingerprint density at radius 1 is 1.39 bits per heavy atom. The summed E-state index contributed by atoms with van der Waals surface area (Å²) in [6.45, 7) is 2.23. The van der Waals surface area contributed by atoms with Crippen LogP contribution in [0.5, 0.6) is 0 Å². The number of nitrogens with zero attached hydrogens (tertiary/aromatic N) is 2. The second-order valence-electron chi connectivity index (χ2n) is 6.47. The lowest BCUT2D eigenvalue weighted by Crippen LogP contribution is -2.28. The van der Waals surface area contributed by atoms with Crippen molar-refractivity contribution in [2.45, 2.75) is 69.9 Å². The molecule has 0 spiro atoms. The van der Waals surface area contributed by atoms with Crippen LogP contribution < -0.4 is 0 Å². The lowest BCUT2D eigenvalue weighted by atomic mass is 9.95. The molecule has 3 nitrogen and oxygen atoms in total. The fraction of sp³-hybridized carbons (Fsp3) is 0.800. The van der Waals surface area contributed by atoms with Crippen LogP contribution in [0.2, 0.25) is 0 Å². The van der Waals surface area contributed by atoms with Gasteiger partial charge in [0.15, 0.2) is 0 Å². The van der Waals surface area contributed by atoms with Gasteiger partial charge >= 0.3 is 0 Å². The molecule has 2 aliphatic rings. The van der Waals surface area contributed by atoms with E-state index < -0.39 is 5.60 Å². The molecule has 0 radical (unpaired) electrons. The van der Waals surface area contributed by atoms with Gasteiger partial charge in [0.25, 0.3) is 0 Å². The number of aliphatic hydroxyl groups is 1. The van der Waals surface area contributed by atoms with E-state index in [1.807, 2.05) is 0 Å². The number of hydrogen-bond donors (Lipinski definition) is 1. The SMILES string of the molecule is CC1CCC(O)(Cc2ccn(C3CCCC3)n2)C1. The summed E-state index contributed by atoms with van der Waals surface area (Å²) in [5.74, 6) is 0.659. The van der Waals surface area contributed by atoms with Crippen molar-refractivity contribution in [3.8, 4) is 0 Å². The van der Waals surface area contributed by atoms with Gasteiger partial charge in [-0.25, -0.2) is 0 Å². The largest absolute Gasteiger partial charge is 0.389 e. The van der Waals surface area contributed by atoms with E-state index in [1.165, 1.54) is 25.7 Å². The van der Waals surface area contributed by atoms with E-state index in [1.54, 1.807) is 0 Å². The van der Waals surface area contributed by atoms with E-state index in [-0.39, 0.29) is 0 Å². The molecule has 18 heavy (non-hydrogen) atoms. The highest BCUT2D eigenvalue weighted by Gasteiger charge is 2.36. The summed E-state index contributed by atoms with van der Waals surface area (Å²) in [5, 5.41) is 15.2. The molecule has 1 aromatic heterocycles. The molecule has 100 valence electrons. The Kier molecular flexibility index (Phi) is 3.18. The summed E-state index contributed by atoms with van der Waals surface area (Å²) in [6.07, 6.45) is 11.1. The van der Waals surface area contributed by atoms with E-state index in [2.05, 4.69) is 29.0 Å². The highest BCUT2D eigenvalue weighted by molar-refractivity contribution is 5.06. The Morgan fingerprint density at radius 2 is 2.17 bits per heavy atom. The van der Waals surface area contributed by atoms with Gasteiger partial charge in [-0.3, -0.25) is 4.68 Å².